The molecule has 2 atom stereocenters. The Hall–Kier alpha value is -3.03. The lowest BCUT2D eigenvalue weighted by Crippen LogP contribution is -2.36. The molecule has 0 unspecified atom stereocenters. The molecule has 2 aromatic rings. The molecular weight excluding hydrogens is 434 g/mol. The summed E-state index contributed by atoms with van der Waals surface area (Å²) < 4.78 is 16.6. The van der Waals surface area contributed by atoms with Crippen LogP contribution in [0.2, 0.25) is 5.02 Å². The van der Waals surface area contributed by atoms with Crippen LogP contribution in [0.5, 0.6) is 11.5 Å². The van der Waals surface area contributed by atoms with E-state index in [4.69, 9.17) is 25.8 Å². The van der Waals surface area contributed by atoms with Crippen molar-refractivity contribution in [3.8, 4) is 11.5 Å². The number of Topliss-reactive ketones (excluding diaryl/α,β-unsaturated/α-hetero) is 1. The maximum absolute atomic E-state index is 13.2. The molecule has 0 radical (unpaired) electrons. The monoisotopic (exact) mass is 457 g/mol. The van der Waals surface area contributed by atoms with Gasteiger partial charge in [-0.05, 0) is 55.3 Å². The molecule has 168 valence electrons. The minimum Gasteiger partial charge on any atom is -0.507 e. The Morgan fingerprint density at radius 1 is 1.16 bits per heavy atom. The minimum atomic E-state index is -0.861. The van der Waals surface area contributed by atoms with Gasteiger partial charge in [-0.2, -0.15) is 0 Å². The Balaban J connectivity index is 1.89. The van der Waals surface area contributed by atoms with Crippen LogP contribution in [0.3, 0.4) is 0 Å². The summed E-state index contributed by atoms with van der Waals surface area (Å²) in [4.78, 5) is 27.7. The zero-order valence-corrected chi connectivity index (χ0v) is 18.6. The molecule has 0 aromatic heterocycles. The first kappa shape index (κ1) is 22.2. The van der Waals surface area contributed by atoms with Gasteiger partial charge in [-0.3, -0.25) is 9.59 Å². The number of nitrogens with zero attached hydrogens (tertiary/aromatic N) is 1. The van der Waals surface area contributed by atoms with Crippen LogP contribution in [0.25, 0.3) is 5.76 Å². The Bertz CT molecular complexity index is 1060. The number of halogens is 1. The van der Waals surface area contributed by atoms with Gasteiger partial charge in [0.15, 0.2) is 0 Å². The number of rotatable bonds is 6. The molecule has 0 aliphatic carbocycles. The molecule has 2 fully saturated rings. The number of benzene rings is 2. The van der Waals surface area contributed by atoms with Crippen LogP contribution in [-0.4, -0.2) is 55.2 Å². The van der Waals surface area contributed by atoms with Gasteiger partial charge in [0, 0.05) is 29.3 Å². The third-order valence-electron chi connectivity index (χ3n) is 5.81. The van der Waals surface area contributed by atoms with Crippen molar-refractivity contribution in [1.82, 2.24) is 4.90 Å². The molecule has 2 aliphatic heterocycles. The van der Waals surface area contributed by atoms with E-state index < -0.39 is 17.7 Å². The van der Waals surface area contributed by atoms with Crippen LogP contribution in [0, 0.1) is 0 Å². The van der Waals surface area contributed by atoms with E-state index in [2.05, 4.69) is 0 Å². The normalized spacial score (nSPS) is 22.4. The molecule has 0 spiro atoms. The van der Waals surface area contributed by atoms with Gasteiger partial charge in [-0.1, -0.05) is 11.6 Å². The first-order valence-electron chi connectivity index (χ1n) is 10.3. The van der Waals surface area contributed by atoms with Gasteiger partial charge in [0.05, 0.1) is 31.9 Å². The molecule has 2 heterocycles. The third-order valence-corrected chi connectivity index (χ3v) is 6.07. The van der Waals surface area contributed by atoms with Crippen molar-refractivity contribution in [2.75, 3.05) is 27.4 Å². The van der Waals surface area contributed by atoms with Gasteiger partial charge in [0.2, 0.25) is 0 Å². The van der Waals surface area contributed by atoms with Gasteiger partial charge in [-0.15, -0.1) is 0 Å². The highest BCUT2D eigenvalue weighted by Crippen LogP contribution is 2.44. The predicted octanol–water partition coefficient (Wildman–Crippen LogP) is 3.96. The molecule has 32 heavy (non-hydrogen) atoms. The minimum absolute atomic E-state index is 0.0122. The summed E-state index contributed by atoms with van der Waals surface area (Å²) in [6, 6.07) is 10.7. The highest BCUT2D eigenvalue weighted by Gasteiger charge is 2.48. The number of aliphatic hydroxyl groups excluding tert-OH is 1. The first-order chi connectivity index (χ1) is 15.4. The maximum atomic E-state index is 13.2. The van der Waals surface area contributed by atoms with Crippen molar-refractivity contribution in [3.05, 3.63) is 64.2 Å². The van der Waals surface area contributed by atoms with Crippen LogP contribution in [0.15, 0.2) is 48.0 Å². The number of aliphatic hydroxyl groups is 1. The molecule has 1 N–H and O–H groups in total. The number of carbonyl (C=O) groups excluding carboxylic acids is 2. The van der Waals surface area contributed by atoms with Crippen LogP contribution in [0.4, 0.5) is 0 Å². The summed E-state index contributed by atoms with van der Waals surface area (Å²) in [5.74, 6) is -0.715. The second kappa shape index (κ2) is 9.22. The lowest BCUT2D eigenvalue weighted by atomic mass is 9.94. The van der Waals surface area contributed by atoms with E-state index in [0.29, 0.717) is 34.3 Å². The molecule has 2 saturated heterocycles. The number of amides is 1. The number of carbonyl (C=O) groups is 2. The standard InChI is InChI=1S/C24H24ClNO6/c1-30-16-9-10-19(31-2)18(12-16)21-20(22(27)14-5-7-15(25)8-6-14)23(28)24(29)26(21)13-17-4-3-11-32-17/h5-10,12,17,21,27H,3-4,11,13H2,1-2H3/b22-20+/t17-,21+/m1/s1. The fourth-order valence-electron chi connectivity index (χ4n) is 4.22. The van der Waals surface area contributed by atoms with E-state index >= 15 is 0 Å². The van der Waals surface area contributed by atoms with Crippen molar-refractivity contribution >= 4 is 29.1 Å². The van der Waals surface area contributed by atoms with Crippen LogP contribution in [0.1, 0.15) is 30.0 Å². The van der Waals surface area contributed by atoms with Gasteiger partial charge >= 0.3 is 0 Å². The van der Waals surface area contributed by atoms with Gasteiger partial charge in [-0.25, -0.2) is 0 Å². The quantitative estimate of drug-likeness (QED) is 0.401. The topological polar surface area (TPSA) is 85.3 Å². The second-order valence-electron chi connectivity index (χ2n) is 7.70. The number of likely N-dealkylation sites (tertiary alicyclic amines) is 1. The molecule has 1 amide bonds. The second-order valence-corrected chi connectivity index (χ2v) is 8.14. The molecule has 4 rings (SSSR count). The fourth-order valence-corrected chi connectivity index (χ4v) is 4.34. The summed E-state index contributed by atoms with van der Waals surface area (Å²) >= 11 is 5.97. The Morgan fingerprint density at radius 2 is 1.91 bits per heavy atom. The number of ether oxygens (including phenoxy) is 3. The van der Waals surface area contributed by atoms with E-state index in [1.165, 1.54) is 19.1 Å². The van der Waals surface area contributed by atoms with Crippen LogP contribution < -0.4 is 9.47 Å². The molecule has 0 saturated carbocycles. The molecule has 7 nitrogen and oxygen atoms in total. The molecule has 2 aromatic carbocycles. The van der Waals surface area contributed by atoms with Gasteiger partial charge < -0.3 is 24.2 Å². The Morgan fingerprint density at radius 3 is 2.53 bits per heavy atom. The van der Waals surface area contributed by atoms with Crippen LogP contribution >= 0.6 is 11.6 Å². The van der Waals surface area contributed by atoms with Gasteiger partial charge in [0.1, 0.15) is 17.3 Å². The van der Waals surface area contributed by atoms with Crippen molar-refractivity contribution in [1.29, 1.82) is 0 Å². The smallest absolute Gasteiger partial charge is 0.295 e. The van der Waals surface area contributed by atoms with Crippen molar-refractivity contribution in [3.63, 3.8) is 0 Å². The summed E-state index contributed by atoms with van der Waals surface area (Å²) in [6.07, 6.45) is 1.51. The molecular formula is C24H24ClNO6. The van der Waals surface area contributed by atoms with Crippen molar-refractivity contribution < 1.29 is 28.9 Å². The first-order valence-corrected chi connectivity index (χ1v) is 10.7. The number of hydrogen-bond acceptors (Lipinski definition) is 6. The predicted molar refractivity (Wildman–Crippen MR) is 119 cm³/mol. The lowest BCUT2D eigenvalue weighted by molar-refractivity contribution is -0.140. The number of hydrogen-bond donors (Lipinski definition) is 1. The fraction of sp³-hybridized carbons (Fsp3) is 0.333. The molecule has 2 aliphatic rings. The van der Waals surface area contributed by atoms with E-state index in [-0.39, 0.29) is 24.0 Å². The summed E-state index contributed by atoms with van der Waals surface area (Å²) in [5, 5.41) is 11.6. The van der Waals surface area contributed by atoms with Crippen LogP contribution in [-0.2, 0) is 14.3 Å². The zero-order chi connectivity index (χ0) is 22.8. The average molecular weight is 458 g/mol. The van der Waals surface area contributed by atoms with E-state index in [1.807, 2.05) is 0 Å². The molecule has 8 heteroatoms. The average Bonchev–Trinajstić information content (AvgIpc) is 3.41. The highest BCUT2D eigenvalue weighted by atomic mass is 35.5. The summed E-state index contributed by atoms with van der Waals surface area (Å²) in [6.45, 7) is 0.847. The molecule has 0 bridgehead atoms. The Labute approximate surface area is 191 Å². The lowest BCUT2D eigenvalue weighted by Gasteiger charge is -2.28. The Kier molecular flexibility index (Phi) is 6.39. The SMILES string of the molecule is COc1ccc(OC)c([C@H]2/C(=C(\O)c3ccc(Cl)cc3)C(=O)C(=O)N2C[C@H]2CCCO2)c1. The zero-order valence-electron chi connectivity index (χ0n) is 17.8. The number of ketones is 1. The van der Waals surface area contributed by atoms with E-state index in [9.17, 15) is 14.7 Å². The van der Waals surface area contributed by atoms with Crippen molar-refractivity contribution in [2.45, 2.75) is 25.0 Å². The summed E-state index contributed by atoms with van der Waals surface area (Å²) in [5.41, 5.74) is 0.915. The van der Waals surface area contributed by atoms with Gasteiger partial charge in [0.25, 0.3) is 11.7 Å². The largest absolute Gasteiger partial charge is 0.507 e. The number of methoxy groups -OCH3 is 2. The maximum Gasteiger partial charge on any atom is 0.295 e. The third kappa shape index (κ3) is 4.06. The van der Waals surface area contributed by atoms with Crippen molar-refractivity contribution in [2.24, 2.45) is 0 Å². The van der Waals surface area contributed by atoms with E-state index in [1.54, 1.807) is 42.5 Å². The highest BCUT2D eigenvalue weighted by molar-refractivity contribution is 6.46. The van der Waals surface area contributed by atoms with E-state index in [0.717, 1.165) is 12.8 Å². The summed E-state index contributed by atoms with van der Waals surface area (Å²) in [7, 11) is 3.04.